The Bertz CT molecular complexity index is 1680. The molecule has 0 bridgehead atoms. The third kappa shape index (κ3) is 14.4. The van der Waals surface area contributed by atoms with E-state index in [-0.39, 0.29) is 52.9 Å². The highest BCUT2D eigenvalue weighted by Gasteiger charge is 2.31. The summed E-state index contributed by atoms with van der Waals surface area (Å²) in [7, 11) is -0.243. The molecule has 51 heavy (non-hydrogen) atoms. The minimum Gasteiger partial charge on any atom is -0.511 e. The quantitative estimate of drug-likeness (QED) is 0.0803. The summed E-state index contributed by atoms with van der Waals surface area (Å²) in [6.45, 7) is 6.43. The number of sulfonamides is 1. The molecule has 2 aromatic rings. The highest BCUT2D eigenvalue weighted by atomic mass is 35.5. The van der Waals surface area contributed by atoms with Gasteiger partial charge in [-0.2, -0.15) is 21.7 Å². The third-order valence-corrected chi connectivity index (χ3v) is 9.50. The Labute approximate surface area is 307 Å². The molecule has 1 aromatic carbocycles. The number of rotatable bonds is 16. The van der Waals surface area contributed by atoms with Gasteiger partial charge in [-0.1, -0.05) is 55.7 Å². The van der Waals surface area contributed by atoms with Gasteiger partial charge in [-0.3, -0.25) is 10.1 Å². The summed E-state index contributed by atoms with van der Waals surface area (Å²) in [5, 5.41) is 17.0. The van der Waals surface area contributed by atoms with Crippen LogP contribution in [0.4, 0.5) is 10.7 Å². The summed E-state index contributed by atoms with van der Waals surface area (Å²) in [5.41, 5.74) is 2.45. The van der Waals surface area contributed by atoms with Crippen molar-refractivity contribution in [1.29, 1.82) is 0 Å². The van der Waals surface area contributed by atoms with Crippen molar-refractivity contribution < 1.29 is 47.0 Å². The van der Waals surface area contributed by atoms with Crippen LogP contribution in [0.3, 0.4) is 0 Å². The van der Waals surface area contributed by atoms with Gasteiger partial charge in [-0.25, -0.2) is 22.7 Å². The number of aromatic nitrogens is 2. The summed E-state index contributed by atoms with van der Waals surface area (Å²) in [4.78, 5) is 49.1. The number of aliphatic hydroxyl groups excluding tert-OH is 1. The van der Waals surface area contributed by atoms with Gasteiger partial charge in [-0.05, 0) is 42.2 Å². The van der Waals surface area contributed by atoms with E-state index in [1.807, 2.05) is 23.4 Å². The van der Waals surface area contributed by atoms with Gasteiger partial charge in [-0.15, -0.1) is 0 Å². The molecular formula is C33H44ClN5O10S2. The maximum absolute atomic E-state index is 12.4. The zero-order valence-corrected chi connectivity index (χ0v) is 31.7. The fraction of sp³-hybridized carbons (Fsp3) is 0.455. The summed E-state index contributed by atoms with van der Waals surface area (Å²) >= 11 is 7.30. The molecule has 1 heterocycles. The molecule has 0 aliphatic heterocycles. The lowest BCUT2D eigenvalue weighted by Gasteiger charge is -2.25. The predicted octanol–water partition coefficient (Wildman–Crippen LogP) is 5.78. The number of aliphatic hydroxyl groups is 1. The minimum absolute atomic E-state index is 0.0375. The number of hydrogen-bond acceptors (Lipinski definition) is 14. The molecule has 280 valence electrons. The van der Waals surface area contributed by atoms with Crippen LogP contribution in [0.1, 0.15) is 62.4 Å². The summed E-state index contributed by atoms with van der Waals surface area (Å²) in [6.07, 6.45) is 4.09. The summed E-state index contributed by atoms with van der Waals surface area (Å²) < 4.78 is 40.9. The molecule has 0 fully saturated rings. The Morgan fingerprint density at radius 1 is 1.14 bits per heavy atom. The van der Waals surface area contributed by atoms with Crippen LogP contribution >= 0.6 is 23.4 Å². The molecule has 1 aromatic heterocycles. The van der Waals surface area contributed by atoms with Crippen molar-refractivity contribution in [3.8, 4) is 11.8 Å². The lowest BCUT2D eigenvalue weighted by molar-refractivity contribution is -0.116. The fourth-order valence-corrected chi connectivity index (χ4v) is 7.02. The standard InChI is InChI=1S/C17H26ClNO3S.C16H18N4O7S/c1-4-14(19-22-8-6-7-18)17-15(20)10-13(11-16(17)21)9-12(3)23-5-2;1-25-12-8-13(26-2)18-15(17-12)19-16(22)20-28(23,24)9-10-6-4-5-7-11(10)14(21)27-3/h6-7,12-13,20H,4-5,8-11H2,1-3H3;4-8H,9H2,1-3H3,(H2,17,18,19,20,22)/b7-6+,19-14+;. The van der Waals surface area contributed by atoms with Gasteiger partial charge in [0.15, 0.2) is 5.78 Å². The zero-order chi connectivity index (χ0) is 38.0. The van der Waals surface area contributed by atoms with E-state index >= 15 is 0 Å². The van der Waals surface area contributed by atoms with Crippen molar-refractivity contribution in [2.75, 3.05) is 39.0 Å². The van der Waals surface area contributed by atoms with Gasteiger partial charge in [0.2, 0.25) is 27.7 Å². The molecule has 0 saturated heterocycles. The number of nitrogens with one attached hydrogen (secondary N) is 2. The number of carbonyl (C=O) groups is 3. The SMILES string of the molecule is CCSC(C)CC1CC(=O)C(/C(CC)=N/OC/C=C/Cl)=C(O)C1.COC(=O)c1ccccc1CS(=O)(=O)NC(=O)Nc1nc(OC)cc(OC)n1. The number of hydrogen-bond donors (Lipinski definition) is 3. The van der Waals surface area contributed by atoms with Crippen molar-refractivity contribution in [2.24, 2.45) is 11.1 Å². The van der Waals surface area contributed by atoms with Gasteiger partial charge in [0, 0.05) is 23.6 Å². The van der Waals surface area contributed by atoms with Gasteiger partial charge >= 0.3 is 12.0 Å². The number of nitrogens with zero attached hydrogens (tertiary/aromatic N) is 3. The molecule has 1 aliphatic rings. The van der Waals surface area contributed by atoms with Crippen molar-refractivity contribution in [2.45, 2.75) is 57.5 Å². The van der Waals surface area contributed by atoms with Crippen LogP contribution in [0.25, 0.3) is 0 Å². The second-order valence-electron chi connectivity index (χ2n) is 10.8. The molecular weight excluding hydrogens is 726 g/mol. The van der Waals surface area contributed by atoms with Crippen molar-refractivity contribution in [3.63, 3.8) is 0 Å². The normalized spacial score (nSPS) is 15.4. The predicted molar refractivity (Wildman–Crippen MR) is 196 cm³/mol. The average molecular weight is 770 g/mol. The number of benzene rings is 1. The van der Waals surface area contributed by atoms with E-state index < -0.39 is 27.8 Å². The molecule has 18 heteroatoms. The van der Waals surface area contributed by atoms with Gasteiger partial charge in [0.1, 0.15) is 12.4 Å². The minimum atomic E-state index is -4.14. The highest BCUT2D eigenvalue weighted by molar-refractivity contribution is 7.99. The zero-order valence-electron chi connectivity index (χ0n) is 29.3. The van der Waals surface area contributed by atoms with E-state index in [9.17, 15) is 27.9 Å². The van der Waals surface area contributed by atoms with Crippen LogP contribution in [-0.4, -0.2) is 85.9 Å². The van der Waals surface area contributed by atoms with E-state index in [2.05, 4.69) is 39.0 Å². The molecule has 2 amide bonds. The first-order valence-electron chi connectivity index (χ1n) is 15.8. The highest BCUT2D eigenvalue weighted by Crippen LogP contribution is 2.32. The molecule has 0 spiro atoms. The van der Waals surface area contributed by atoms with Crippen LogP contribution in [-0.2, 0) is 30.1 Å². The first-order valence-corrected chi connectivity index (χ1v) is 18.9. The number of halogens is 1. The number of oxime groups is 1. The number of ether oxygens (including phenoxy) is 3. The topological polar surface area (TPSA) is 205 Å². The second kappa shape index (κ2) is 21.8. The molecule has 1 aliphatic carbocycles. The number of allylic oxidation sites excluding steroid dienone is 2. The number of urea groups is 1. The second-order valence-corrected chi connectivity index (χ2v) is 14.5. The first-order chi connectivity index (χ1) is 24.3. The lowest BCUT2D eigenvalue weighted by Crippen LogP contribution is -2.36. The smallest absolute Gasteiger partial charge is 0.338 e. The Kier molecular flexibility index (Phi) is 18.3. The molecule has 2 atom stereocenters. The number of amides is 2. The van der Waals surface area contributed by atoms with E-state index in [0.29, 0.717) is 35.8 Å². The Morgan fingerprint density at radius 2 is 1.80 bits per heavy atom. The van der Waals surface area contributed by atoms with Gasteiger partial charge < -0.3 is 24.2 Å². The molecule has 0 radical (unpaired) electrons. The van der Waals surface area contributed by atoms with Crippen molar-refractivity contribution in [3.05, 3.63) is 64.4 Å². The molecule has 15 nitrogen and oxygen atoms in total. The Balaban J connectivity index is 0.000000361. The van der Waals surface area contributed by atoms with Gasteiger partial charge in [0.25, 0.3) is 0 Å². The van der Waals surface area contributed by atoms with Crippen molar-refractivity contribution >= 4 is 62.8 Å². The van der Waals surface area contributed by atoms with Crippen LogP contribution < -0.4 is 19.5 Å². The van der Waals surface area contributed by atoms with E-state index in [4.69, 9.17) is 25.9 Å². The monoisotopic (exact) mass is 769 g/mol. The number of methoxy groups -OCH3 is 3. The fourth-order valence-electron chi connectivity index (χ4n) is 4.90. The summed E-state index contributed by atoms with van der Waals surface area (Å²) in [6, 6.07) is 6.28. The molecule has 2 unspecified atom stereocenters. The Morgan fingerprint density at radius 3 is 2.37 bits per heavy atom. The number of ketones is 1. The number of carbonyl (C=O) groups excluding carboxylic acids is 3. The van der Waals surface area contributed by atoms with Crippen molar-refractivity contribution in [1.82, 2.24) is 14.7 Å². The molecule has 3 rings (SSSR count). The Hall–Kier alpha value is -4.35. The maximum atomic E-state index is 12.4. The maximum Gasteiger partial charge on any atom is 0.338 e. The molecule has 0 saturated carbocycles. The number of Topliss-reactive ketones (excluding diaryl/α,β-unsaturated/α-hetero) is 1. The van der Waals surface area contributed by atoms with E-state index in [1.165, 1.54) is 45.1 Å². The van der Waals surface area contributed by atoms with Crippen LogP contribution in [0.5, 0.6) is 11.8 Å². The van der Waals surface area contributed by atoms with Crippen LogP contribution in [0.2, 0.25) is 0 Å². The number of thioether (sulfide) groups is 1. The largest absolute Gasteiger partial charge is 0.511 e. The summed E-state index contributed by atoms with van der Waals surface area (Å²) in [5.74, 6) is 0.0731. The van der Waals surface area contributed by atoms with Crippen LogP contribution in [0, 0.1) is 5.92 Å². The number of anilines is 1. The lowest BCUT2D eigenvalue weighted by atomic mass is 9.82. The van der Waals surface area contributed by atoms with E-state index in [0.717, 1.165) is 12.2 Å². The molecule has 3 N–H and O–H groups in total. The first kappa shape index (κ1) is 42.8. The number of esters is 1. The van der Waals surface area contributed by atoms with Crippen LogP contribution in [0.15, 0.2) is 58.4 Å². The third-order valence-electron chi connectivity index (χ3n) is 7.04. The van der Waals surface area contributed by atoms with Gasteiger partial charge in [0.05, 0.1) is 50.0 Å². The van der Waals surface area contributed by atoms with E-state index in [1.54, 1.807) is 18.2 Å². The average Bonchev–Trinajstić information content (AvgIpc) is 3.08.